The first-order valence-electron chi connectivity index (χ1n) is 7.68. The maximum atomic E-state index is 11.9. The molecule has 1 rings (SSSR count). The molecule has 0 radical (unpaired) electrons. The van der Waals surface area contributed by atoms with Gasteiger partial charge in [0.05, 0.1) is 6.54 Å². The van der Waals surface area contributed by atoms with Gasteiger partial charge >= 0.3 is 12.1 Å². The van der Waals surface area contributed by atoms with Crippen molar-refractivity contribution in [3.8, 4) is 0 Å². The van der Waals surface area contributed by atoms with E-state index in [1.807, 2.05) is 32.6 Å². The molecule has 6 nitrogen and oxygen atoms in total. The molecule has 0 heterocycles. The van der Waals surface area contributed by atoms with Crippen LogP contribution in [0.5, 0.6) is 0 Å². The van der Waals surface area contributed by atoms with Crippen LogP contribution in [0, 0.1) is 0 Å². The first-order chi connectivity index (χ1) is 9.73. The van der Waals surface area contributed by atoms with Gasteiger partial charge in [0.1, 0.15) is 5.60 Å². The van der Waals surface area contributed by atoms with Crippen LogP contribution in [0.25, 0.3) is 0 Å². The van der Waals surface area contributed by atoms with E-state index in [9.17, 15) is 9.59 Å². The summed E-state index contributed by atoms with van der Waals surface area (Å²) in [5.74, 6) is -0.835. The molecule has 0 aromatic carbocycles. The van der Waals surface area contributed by atoms with Crippen molar-refractivity contribution < 1.29 is 19.4 Å². The second kappa shape index (κ2) is 7.64. The maximum absolute atomic E-state index is 11.9. The highest BCUT2D eigenvalue weighted by atomic mass is 16.6. The fourth-order valence-electron chi connectivity index (χ4n) is 2.81. The Bertz CT molecular complexity index is 365. The van der Waals surface area contributed by atoms with E-state index in [4.69, 9.17) is 9.84 Å². The van der Waals surface area contributed by atoms with Gasteiger partial charge in [-0.1, -0.05) is 19.8 Å². The van der Waals surface area contributed by atoms with Gasteiger partial charge in [0.2, 0.25) is 0 Å². The smallest absolute Gasteiger partial charge is 0.407 e. The fraction of sp³-hybridized carbons (Fsp3) is 0.867. The lowest BCUT2D eigenvalue weighted by Crippen LogP contribution is -2.55. The molecule has 1 fully saturated rings. The standard InChI is InChI=1S/C15H28N2O4/c1-5-17(10-13(18)19)12-9-7-6-8-11(12)16-14(20)21-15(2,3)4/h11-12H,5-10H2,1-4H3,(H,16,20)(H,18,19). The van der Waals surface area contributed by atoms with Crippen molar-refractivity contribution in [3.05, 3.63) is 0 Å². The molecule has 2 N–H and O–H groups in total. The lowest BCUT2D eigenvalue weighted by Gasteiger charge is -2.39. The van der Waals surface area contributed by atoms with Crippen molar-refractivity contribution in [2.24, 2.45) is 0 Å². The van der Waals surface area contributed by atoms with E-state index < -0.39 is 17.7 Å². The summed E-state index contributed by atoms with van der Waals surface area (Å²) in [7, 11) is 0. The van der Waals surface area contributed by atoms with E-state index in [0.29, 0.717) is 6.54 Å². The summed E-state index contributed by atoms with van der Waals surface area (Å²) >= 11 is 0. The molecule has 2 atom stereocenters. The van der Waals surface area contributed by atoms with Crippen molar-refractivity contribution >= 4 is 12.1 Å². The minimum Gasteiger partial charge on any atom is -0.480 e. The molecular formula is C15H28N2O4. The minimum absolute atomic E-state index is 0.00760. The van der Waals surface area contributed by atoms with Gasteiger partial charge in [0.25, 0.3) is 0 Å². The van der Waals surface area contributed by atoms with E-state index in [2.05, 4.69) is 5.32 Å². The number of carbonyl (C=O) groups excluding carboxylic acids is 1. The molecule has 0 bridgehead atoms. The first-order valence-corrected chi connectivity index (χ1v) is 7.68. The monoisotopic (exact) mass is 300 g/mol. The van der Waals surface area contributed by atoms with E-state index in [1.54, 1.807) is 0 Å². The number of carboxylic acid groups (broad SMARTS) is 1. The Hall–Kier alpha value is -1.30. The Morgan fingerprint density at radius 1 is 1.29 bits per heavy atom. The topological polar surface area (TPSA) is 78.9 Å². The molecule has 122 valence electrons. The van der Waals surface area contributed by atoms with Gasteiger partial charge in [0.15, 0.2) is 0 Å². The number of nitrogens with zero attached hydrogens (tertiary/aromatic N) is 1. The molecule has 1 amide bonds. The minimum atomic E-state index is -0.835. The van der Waals surface area contributed by atoms with Gasteiger partial charge in [-0.25, -0.2) is 4.79 Å². The number of carboxylic acids is 1. The third-order valence-electron chi connectivity index (χ3n) is 3.65. The Kier molecular flexibility index (Phi) is 6.45. The van der Waals surface area contributed by atoms with Crippen molar-refractivity contribution in [2.45, 2.75) is 71.1 Å². The van der Waals surface area contributed by atoms with E-state index in [0.717, 1.165) is 25.7 Å². The third-order valence-corrected chi connectivity index (χ3v) is 3.65. The lowest BCUT2D eigenvalue weighted by atomic mass is 9.89. The Balaban J connectivity index is 2.68. The largest absolute Gasteiger partial charge is 0.480 e. The van der Waals surface area contributed by atoms with E-state index in [-0.39, 0.29) is 18.6 Å². The summed E-state index contributed by atoms with van der Waals surface area (Å²) in [6.07, 6.45) is 3.45. The molecule has 1 aliphatic carbocycles. The molecule has 0 aromatic rings. The number of aliphatic carboxylic acids is 1. The second-order valence-electron chi connectivity index (χ2n) is 6.56. The number of ether oxygens (including phenoxy) is 1. The Morgan fingerprint density at radius 2 is 1.90 bits per heavy atom. The van der Waals surface area contributed by atoms with Crippen LogP contribution in [0.4, 0.5) is 4.79 Å². The van der Waals surface area contributed by atoms with Gasteiger partial charge in [-0.15, -0.1) is 0 Å². The molecule has 21 heavy (non-hydrogen) atoms. The zero-order valence-electron chi connectivity index (χ0n) is 13.5. The molecule has 0 aliphatic heterocycles. The summed E-state index contributed by atoms with van der Waals surface area (Å²) < 4.78 is 5.30. The number of amides is 1. The number of hydrogen-bond acceptors (Lipinski definition) is 4. The number of alkyl carbamates (subject to hydrolysis) is 1. The SMILES string of the molecule is CCN(CC(=O)O)C1CCCCC1NC(=O)OC(C)(C)C. The lowest BCUT2D eigenvalue weighted by molar-refractivity contribution is -0.139. The first kappa shape index (κ1) is 17.8. The van der Waals surface area contributed by atoms with Crippen LogP contribution in [0.15, 0.2) is 0 Å². The summed E-state index contributed by atoms with van der Waals surface area (Å²) in [6.45, 7) is 8.09. The zero-order valence-corrected chi connectivity index (χ0v) is 13.5. The normalized spacial score (nSPS) is 22.9. The zero-order chi connectivity index (χ0) is 16.0. The number of nitrogens with one attached hydrogen (secondary N) is 1. The molecule has 0 spiro atoms. The predicted molar refractivity (Wildman–Crippen MR) is 80.3 cm³/mol. The van der Waals surface area contributed by atoms with Crippen LogP contribution in [0.3, 0.4) is 0 Å². The number of likely N-dealkylation sites (N-methyl/N-ethyl adjacent to an activating group) is 1. The number of rotatable bonds is 5. The average molecular weight is 300 g/mol. The molecule has 1 saturated carbocycles. The van der Waals surface area contributed by atoms with Gasteiger partial charge < -0.3 is 15.2 Å². The van der Waals surface area contributed by atoms with Gasteiger partial charge in [-0.05, 0) is 40.2 Å². The molecule has 2 unspecified atom stereocenters. The van der Waals surface area contributed by atoms with Crippen LogP contribution in [-0.2, 0) is 9.53 Å². The third kappa shape index (κ3) is 6.33. The molecule has 6 heteroatoms. The molecule has 0 aromatic heterocycles. The summed E-state index contributed by atoms with van der Waals surface area (Å²) in [5.41, 5.74) is -0.528. The summed E-state index contributed by atoms with van der Waals surface area (Å²) in [5, 5.41) is 11.9. The van der Waals surface area contributed by atoms with Gasteiger partial charge in [0, 0.05) is 12.1 Å². The summed E-state index contributed by atoms with van der Waals surface area (Å²) in [4.78, 5) is 24.8. The highest BCUT2D eigenvalue weighted by Crippen LogP contribution is 2.23. The molecular weight excluding hydrogens is 272 g/mol. The Labute approximate surface area is 126 Å². The van der Waals surface area contributed by atoms with Crippen molar-refractivity contribution in [2.75, 3.05) is 13.1 Å². The second-order valence-corrected chi connectivity index (χ2v) is 6.56. The average Bonchev–Trinajstić information content (AvgIpc) is 2.34. The molecule has 0 saturated heterocycles. The quantitative estimate of drug-likeness (QED) is 0.814. The molecule has 1 aliphatic rings. The van der Waals surface area contributed by atoms with Crippen LogP contribution in [0.1, 0.15) is 53.4 Å². The van der Waals surface area contributed by atoms with Crippen LogP contribution in [0.2, 0.25) is 0 Å². The highest BCUT2D eigenvalue weighted by Gasteiger charge is 2.32. The van der Waals surface area contributed by atoms with E-state index >= 15 is 0 Å². The van der Waals surface area contributed by atoms with Gasteiger partial charge in [-0.2, -0.15) is 0 Å². The van der Waals surface area contributed by atoms with Crippen LogP contribution in [-0.4, -0.2) is 52.8 Å². The number of hydrogen-bond donors (Lipinski definition) is 2. The summed E-state index contributed by atoms with van der Waals surface area (Å²) in [6, 6.07) is 0.0141. The van der Waals surface area contributed by atoms with E-state index in [1.165, 1.54) is 0 Å². The van der Waals surface area contributed by atoms with Crippen molar-refractivity contribution in [1.29, 1.82) is 0 Å². The fourth-order valence-corrected chi connectivity index (χ4v) is 2.81. The van der Waals surface area contributed by atoms with Crippen molar-refractivity contribution in [3.63, 3.8) is 0 Å². The number of carbonyl (C=O) groups is 2. The van der Waals surface area contributed by atoms with Crippen LogP contribution < -0.4 is 5.32 Å². The maximum Gasteiger partial charge on any atom is 0.407 e. The van der Waals surface area contributed by atoms with Gasteiger partial charge in [-0.3, -0.25) is 9.69 Å². The van der Waals surface area contributed by atoms with Crippen molar-refractivity contribution in [1.82, 2.24) is 10.2 Å². The highest BCUT2D eigenvalue weighted by molar-refractivity contribution is 5.69. The predicted octanol–water partition coefficient (Wildman–Crippen LogP) is 2.23. The Morgan fingerprint density at radius 3 is 2.43 bits per heavy atom. The van der Waals surface area contributed by atoms with Crippen LogP contribution >= 0.6 is 0 Å².